The average Bonchev–Trinajstić information content (AvgIpc) is 2.69. The van der Waals surface area contributed by atoms with E-state index in [9.17, 15) is 4.39 Å². The molecule has 0 fully saturated rings. The lowest BCUT2D eigenvalue weighted by atomic mass is 10.2. The Labute approximate surface area is 98.0 Å². The smallest absolute Gasteiger partial charge is 0.260 e. The fraction of sp³-hybridized carbons (Fsp3) is 0.273. The Morgan fingerprint density at radius 1 is 1.41 bits per heavy atom. The van der Waals surface area contributed by atoms with Gasteiger partial charge in [-0.15, -0.1) is 0 Å². The molecule has 6 heteroatoms. The van der Waals surface area contributed by atoms with Crippen molar-refractivity contribution in [1.82, 2.24) is 15.0 Å². The maximum atomic E-state index is 13.1. The Balaban J connectivity index is 2.33. The number of nitrogens with two attached hydrogens (primary N) is 1. The van der Waals surface area contributed by atoms with Crippen LogP contribution >= 0.6 is 0 Å². The number of nitrogen functional groups attached to an aromatic ring is 1. The van der Waals surface area contributed by atoms with E-state index in [4.69, 9.17) is 10.3 Å². The number of anilines is 1. The molecule has 90 valence electrons. The van der Waals surface area contributed by atoms with E-state index < -0.39 is 0 Å². The van der Waals surface area contributed by atoms with E-state index in [0.717, 1.165) is 0 Å². The van der Waals surface area contributed by atoms with E-state index in [1.807, 2.05) is 19.0 Å². The Hall–Kier alpha value is -1.95. The van der Waals surface area contributed by atoms with Crippen LogP contribution in [0.5, 0.6) is 0 Å². The van der Waals surface area contributed by atoms with Crippen molar-refractivity contribution in [3.63, 3.8) is 0 Å². The molecule has 1 heterocycles. The monoisotopic (exact) mass is 236 g/mol. The summed E-state index contributed by atoms with van der Waals surface area (Å²) >= 11 is 0. The van der Waals surface area contributed by atoms with Crippen molar-refractivity contribution in [3.05, 3.63) is 29.8 Å². The maximum absolute atomic E-state index is 13.1. The van der Waals surface area contributed by atoms with Gasteiger partial charge in [-0.3, -0.25) is 0 Å². The van der Waals surface area contributed by atoms with Crippen LogP contribution in [-0.4, -0.2) is 29.1 Å². The molecule has 2 aromatic rings. The zero-order valence-corrected chi connectivity index (χ0v) is 9.64. The van der Waals surface area contributed by atoms with Gasteiger partial charge in [-0.05, 0) is 32.3 Å². The molecular formula is C11H13FN4O. The van der Waals surface area contributed by atoms with Crippen molar-refractivity contribution >= 4 is 5.69 Å². The normalized spacial score (nSPS) is 11.1. The van der Waals surface area contributed by atoms with Gasteiger partial charge in [-0.25, -0.2) is 4.39 Å². The summed E-state index contributed by atoms with van der Waals surface area (Å²) in [4.78, 5) is 6.06. The number of aromatic nitrogens is 2. The third-order valence-corrected chi connectivity index (χ3v) is 2.17. The highest BCUT2D eigenvalue weighted by Crippen LogP contribution is 2.25. The Kier molecular flexibility index (Phi) is 3.06. The molecule has 0 atom stereocenters. The number of hydrogen-bond acceptors (Lipinski definition) is 5. The summed E-state index contributed by atoms with van der Waals surface area (Å²) in [5.74, 6) is 0.383. The van der Waals surface area contributed by atoms with Crippen LogP contribution in [0.2, 0.25) is 0 Å². The van der Waals surface area contributed by atoms with Crippen LogP contribution in [0, 0.1) is 5.82 Å². The van der Waals surface area contributed by atoms with Gasteiger partial charge in [0, 0.05) is 5.69 Å². The molecular weight excluding hydrogens is 223 g/mol. The molecule has 0 bridgehead atoms. The molecule has 1 aromatic carbocycles. The largest absolute Gasteiger partial charge is 0.398 e. The predicted molar refractivity (Wildman–Crippen MR) is 61.5 cm³/mol. The molecule has 1 aromatic heterocycles. The fourth-order valence-corrected chi connectivity index (χ4v) is 1.42. The number of hydrogen-bond donors (Lipinski definition) is 1. The SMILES string of the molecule is CN(C)Cc1noc(-c2cc(F)ccc2N)n1. The number of halogens is 1. The average molecular weight is 236 g/mol. The highest BCUT2D eigenvalue weighted by Gasteiger charge is 2.12. The summed E-state index contributed by atoms with van der Waals surface area (Å²) in [7, 11) is 3.79. The molecule has 0 amide bonds. The number of benzene rings is 1. The van der Waals surface area contributed by atoms with Crippen LogP contribution in [0.1, 0.15) is 5.82 Å². The van der Waals surface area contributed by atoms with Gasteiger partial charge in [0.05, 0.1) is 12.1 Å². The summed E-state index contributed by atoms with van der Waals surface area (Å²) in [5, 5.41) is 3.80. The zero-order valence-electron chi connectivity index (χ0n) is 9.64. The summed E-state index contributed by atoms with van der Waals surface area (Å²) in [6.07, 6.45) is 0. The predicted octanol–water partition coefficient (Wildman–Crippen LogP) is 1.52. The van der Waals surface area contributed by atoms with Crippen molar-refractivity contribution < 1.29 is 8.91 Å². The molecule has 2 rings (SSSR count). The molecule has 0 spiro atoms. The van der Waals surface area contributed by atoms with Crippen LogP contribution in [0.4, 0.5) is 10.1 Å². The first-order valence-electron chi connectivity index (χ1n) is 5.09. The highest BCUT2D eigenvalue weighted by atomic mass is 19.1. The first-order chi connectivity index (χ1) is 8.06. The van der Waals surface area contributed by atoms with Crippen molar-refractivity contribution in [2.24, 2.45) is 0 Å². The van der Waals surface area contributed by atoms with Gasteiger partial charge in [0.1, 0.15) is 5.82 Å². The van der Waals surface area contributed by atoms with Gasteiger partial charge in [0.25, 0.3) is 5.89 Å². The summed E-state index contributed by atoms with van der Waals surface area (Å²) < 4.78 is 18.1. The zero-order chi connectivity index (χ0) is 12.4. The quantitative estimate of drug-likeness (QED) is 0.818. The minimum atomic E-state index is -0.387. The molecule has 0 saturated heterocycles. The van der Waals surface area contributed by atoms with E-state index in [0.29, 0.717) is 23.6 Å². The fourth-order valence-electron chi connectivity index (χ4n) is 1.42. The third-order valence-electron chi connectivity index (χ3n) is 2.17. The van der Waals surface area contributed by atoms with Gasteiger partial charge < -0.3 is 15.2 Å². The van der Waals surface area contributed by atoms with Crippen LogP contribution < -0.4 is 5.73 Å². The van der Waals surface area contributed by atoms with Crippen molar-refractivity contribution in [2.75, 3.05) is 19.8 Å². The van der Waals surface area contributed by atoms with Gasteiger partial charge in [-0.2, -0.15) is 4.98 Å². The van der Waals surface area contributed by atoms with Crippen molar-refractivity contribution in [3.8, 4) is 11.5 Å². The van der Waals surface area contributed by atoms with Crippen molar-refractivity contribution in [2.45, 2.75) is 6.54 Å². The van der Waals surface area contributed by atoms with Crippen LogP contribution in [-0.2, 0) is 6.54 Å². The second-order valence-corrected chi connectivity index (χ2v) is 3.99. The van der Waals surface area contributed by atoms with Gasteiger partial charge in [-0.1, -0.05) is 5.16 Å². The maximum Gasteiger partial charge on any atom is 0.260 e. The van der Waals surface area contributed by atoms with Gasteiger partial charge in [0.2, 0.25) is 0 Å². The molecule has 0 aliphatic carbocycles. The van der Waals surface area contributed by atoms with Crippen molar-refractivity contribution in [1.29, 1.82) is 0 Å². The van der Waals surface area contributed by atoms with Crippen LogP contribution in [0.25, 0.3) is 11.5 Å². The van der Waals surface area contributed by atoms with Crippen LogP contribution in [0.15, 0.2) is 22.7 Å². The summed E-state index contributed by atoms with van der Waals surface area (Å²) in [6, 6.07) is 4.04. The Bertz CT molecular complexity index is 524. The second-order valence-electron chi connectivity index (χ2n) is 3.99. The molecule has 5 nitrogen and oxygen atoms in total. The number of rotatable bonds is 3. The second kappa shape index (κ2) is 4.50. The lowest BCUT2D eigenvalue weighted by Gasteiger charge is -2.03. The lowest BCUT2D eigenvalue weighted by Crippen LogP contribution is -2.11. The topological polar surface area (TPSA) is 68.2 Å². The van der Waals surface area contributed by atoms with E-state index in [1.54, 1.807) is 0 Å². The first kappa shape index (κ1) is 11.5. The lowest BCUT2D eigenvalue weighted by molar-refractivity contribution is 0.365. The molecule has 17 heavy (non-hydrogen) atoms. The molecule has 0 unspecified atom stereocenters. The minimum absolute atomic E-state index is 0.235. The summed E-state index contributed by atoms with van der Waals surface area (Å²) in [6.45, 7) is 0.554. The van der Waals surface area contributed by atoms with Crippen LogP contribution in [0.3, 0.4) is 0 Å². The number of nitrogens with zero attached hydrogens (tertiary/aromatic N) is 3. The van der Waals surface area contributed by atoms with E-state index in [-0.39, 0.29) is 11.7 Å². The standard InChI is InChI=1S/C11H13FN4O/c1-16(2)6-10-14-11(17-15-10)8-5-7(12)3-4-9(8)13/h3-5H,6,13H2,1-2H3. The van der Waals surface area contributed by atoms with Gasteiger partial charge >= 0.3 is 0 Å². The molecule has 2 N–H and O–H groups in total. The third kappa shape index (κ3) is 2.59. The molecule has 0 aliphatic heterocycles. The minimum Gasteiger partial charge on any atom is -0.398 e. The Morgan fingerprint density at radius 3 is 2.88 bits per heavy atom. The van der Waals surface area contributed by atoms with E-state index >= 15 is 0 Å². The summed E-state index contributed by atoms with van der Waals surface area (Å²) in [5.41, 5.74) is 6.55. The van der Waals surface area contributed by atoms with E-state index in [2.05, 4.69) is 10.1 Å². The van der Waals surface area contributed by atoms with Gasteiger partial charge in [0.15, 0.2) is 5.82 Å². The first-order valence-corrected chi connectivity index (χ1v) is 5.09. The molecule has 0 saturated carbocycles. The Morgan fingerprint density at radius 2 is 2.18 bits per heavy atom. The highest BCUT2D eigenvalue weighted by molar-refractivity contribution is 5.70. The molecule has 0 radical (unpaired) electrons. The molecule has 0 aliphatic rings. The van der Waals surface area contributed by atoms with E-state index in [1.165, 1.54) is 18.2 Å².